The average Bonchev–Trinajstić information content (AvgIpc) is 2.31. The lowest BCUT2D eigenvalue weighted by atomic mass is 10.1. The second-order valence-electron chi connectivity index (χ2n) is 4.82. The third-order valence-electron chi connectivity index (χ3n) is 3.03. The maximum Gasteiger partial charge on any atom is 0.339 e. The lowest BCUT2D eigenvalue weighted by Crippen LogP contribution is -2.44. The van der Waals surface area contributed by atoms with E-state index in [0.717, 1.165) is 6.26 Å². The maximum absolute atomic E-state index is 12.1. The van der Waals surface area contributed by atoms with Gasteiger partial charge >= 0.3 is 5.97 Å². The molecule has 0 aliphatic heterocycles. The summed E-state index contributed by atoms with van der Waals surface area (Å²) in [4.78, 5) is 23.3. The van der Waals surface area contributed by atoms with Gasteiger partial charge in [-0.15, -0.1) is 0 Å². The molecule has 9 heteroatoms. The van der Waals surface area contributed by atoms with Gasteiger partial charge in [0.25, 0.3) is 0 Å². The standard InChI is InChI=1S/C12H13Cl2NO5S/c1-12(2,21(3,19)20)11(18)15-9-7(14)5-4-6(13)8(9)10(16)17/h4-5H,1-3H3,(H,15,18)(H,16,17). The first kappa shape index (κ1) is 17.7. The second kappa shape index (κ2) is 5.82. The smallest absolute Gasteiger partial charge is 0.339 e. The van der Waals surface area contributed by atoms with Crippen molar-refractivity contribution < 1.29 is 23.1 Å². The molecule has 0 fully saturated rings. The van der Waals surface area contributed by atoms with Gasteiger partial charge in [-0.25, -0.2) is 13.2 Å². The van der Waals surface area contributed by atoms with Crippen LogP contribution in [0.4, 0.5) is 5.69 Å². The molecular formula is C12H13Cl2NO5S. The van der Waals surface area contributed by atoms with Gasteiger partial charge in [0.2, 0.25) is 5.91 Å². The fourth-order valence-electron chi connectivity index (χ4n) is 1.32. The van der Waals surface area contributed by atoms with E-state index in [1.54, 1.807) is 0 Å². The van der Waals surface area contributed by atoms with Crippen molar-refractivity contribution in [2.45, 2.75) is 18.6 Å². The fourth-order valence-corrected chi connectivity index (χ4v) is 2.15. The Balaban J connectivity index is 3.36. The van der Waals surface area contributed by atoms with Gasteiger partial charge < -0.3 is 10.4 Å². The highest BCUT2D eigenvalue weighted by molar-refractivity contribution is 7.92. The molecule has 1 amide bonds. The van der Waals surface area contributed by atoms with Gasteiger partial charge in [0.15, 0.2) is 9.84 Å². The molecule has 0 atom stereocenters. The summed E-state index contributed by atoms with van der Waals surface area (Å²) in [5.74, 6) is -2.30. The van der Waals surface area contributed by atoms with Crippen LogP contribution >= 0.6 is 23.2 Å². The van der Waals surface area contributed by atoms with Crippen LogP contribution in [-0.2, 0) is 14.6 Å². The molecule has 6 nitrogen and oxygen atoms in total. The Morgan fingerprint density at radius 3 is 2.10 bits per heavy atom. The van der Waals surface area contributed by atoms with Gasteiger partial charge in [0.1, 0.15) is 10.3 Å². The Hall–Kier alpha value is -1.31. The molecule has 0 aliphatic rings. The molecule has 0 aromatic heterocycles. The molecular weight excluding hydrogens is 341 g/mol. The number of carbonyl (C=O) groups is 2. The molecule has 0 heterocycles. The number of carbonyl (C=O) groups excluding carboxylic acids is 1. The number of amides is 1. The van der Waals surface area contributed by atoms with Crippen molar-refractivity contribution in [3.05, 3.63) is 27.7 Å². The number of carboxylic acid groups (broad SMARTS) is 1. The van der Waals surface area contributed by atoms with E-state index in [-0.39, 0.29) is 15.7 Å². The van der Waals surface area contributed by atoms with Crippen LogP contribution < -0.4 is 5.32 Å². The van der Waals surface area contributed by atoms with Gasteiger partial charge in [-0.05, 0) is 26.0 Å². The van der Waals surface area contributed by atoms with E-state index in [1.807, 2.05) is 0 Å². The van der Waals surface area contributed by atoms with Crippen LogP contribution in [0.3, 0.4) is 0 Å². The Morgan fingerprint density at radius 2 is 1.67 bits per heavy atom. The van der Waals surface area contributed by atoms with Crippen LogP contribution in [0.2, 0.25) is 10.0 Å². The first-order valence-corrected chi connectivity index (χ1v) is 8.26. The van der Waals surface area contributed by atoms with Gasteiger partial charge in [-0.2, -0.15) is 0 Å². The number of anilines is 1. The summed E-state index contributed by atoms with van der Waals surface area (Å²) in [6.07, 6.45) is 0.907. The Bertz CT molecular complexity index is 713. The highest BCUT2D eigenvalue weighted by Crippen LogP contribution is 2.33. The summed E-state index contributed by atoms with van der Waals surface area (Å²) in [7, 11) is -3.71. The number of hydrogen-bond donors (Lipinski definition) is 2. The van der Waals surface area contributed by atoms with E-state index in [4.69, 9.17) is 28.3 Å². The van der Waals surface area contributed by atoms with Crippen molar-refractivity contribution in [1.29, 1.82) is 0 Å². The van der Waals surface area contributed by atoms with E-state index in [1.165, 1.54) is 26.0 Å². The van der Waals surface area contributed by atoms with E-state index in [0.29, 0.717) is 0 Å². The number of rotatable bonds is 4. The van der Waals surface area contributed by atoms with Crippen LogP contribution in [-0.4, -0.2) is 36.4 Å². The number of hydrogen-bond acceptors (Lipinski definition) is 4. The molecule has 1 rings (SSSR count). The van der Waals surface area contributed by atoms with Crippen molar-refractivity contribution in [2.75, 3.05) is 11.6 Å². The van der Waals surface area contributed by atoms with E-state index < -0.39 is 32.0 Å². The van der Waals surface area contributed by atoms with E-state index in [2.05, 4.69) is 5.32 Å². The molecule has 116 valence electrons. The molecule has 0 radical (unpaired) electrons. The Morgan fingerprint density at radius 1 is 1.19 bits per heavy atom. The molecule has 21 heavy (non-hydrogen) atoms. The predicted octanol–water partition coefficient (Wildman–Crippen LogP) is 2.45. The zero-order valence-electron chi connectivity index (χ0n) is 11.4. The van der Waals surface area contributed by atoms with Crippen molar-refractivity contribution in [3.8, 4) is 0 Å². The summed E-state index contributed by atoms with van der Waals surface area (Å²) in [6.45, 7) is 2.41. The quantitative estimate of drug-likeness (QED) is 0.865. The van der Waals surface area contributed by atoms with Crippen LogP contribution in [0.5, 0.6) is 0 Å². The van der Waals surface area contributed by atoms with Crippen LogP contribution in [0.1, 0.15) is 24.2 Å². The van der Waals surface area contributed by atoms with E-state index >= 15 is 0 Å². The molecule has 0 spiro atoms. The van der Waals surface area contributed by atoms with Crippen molar-refractivity contribution in [3.63, 3.8) is 0 Å². The zero-order chi connectivity index (χ0) is 16.6. The number of halogens is 2. The molecule has 0 saturated carbocycles. The largest absolute Gasteiger partial charge is 0.478 e. The van der Waals surface area contributed by atoms with Crippen molar-refractivity contribution in [1.82, 2.24) is 0 Å². The van der Waals surface area contributed by atoms with Crippen molar-refractivity contribution in [2.24, 2.45) is 0 Å². The van der Waals surface area contributed by atoms with Gasteiger partial charge in [0, 0.05) is 6.26 Å². The number of nitrogens with one attached hydrogen (secondary N) is 1. The predicted molar refractivity (Wildman–Crippen MR) is 81.0 cm³/mol. The SMILES string of the molecule is CC(C)(C(=O)Nc1c(Cl)ccc(Cl)c1C(=O)O)S(C)(=O)=O. The average molecular weight is 354 g/mol. The number of sulfone groups is 1. The minimum absolute atomic E-state index is 0.0607. The van der Waals surface area contributed by atoms with Crippen LogP contribution in [0, 0.1) is 0 Å². The molecule has 0 unspecified atom stereocenters. The molecule has 2 N–H and O–H groups in total. The summed E-state index contributed by atoms with van der Waals surface area (Å²) in [6, 6.07) is 2.57. The molecule has 0 aliphatic carbocycles. The minimum atomic E-state index is -3.71. The normalized spacial score (nSPS) is 12.0. The third-order valence-corrected chi connectivity index (χ3v) is 5.70. The highest BCUT2D eigenvalue weighted by Gasteiger charge is 2.39. The first-order valence-electron chi connectivity index (χ1n) is 5.62. The molecule has 0 saturated heterocycles. The Labute approximate surface area is 132 Å². The number of carboxylic acids is 1. The minimum Gasteiger partial charge on any atom is -0.478 e. The first-order chi connectivity index (χ1) is 9.39. The lowest BCUT2D eigenvalue weighted by molar-refractivity contribution is -0.117. The molecule has 1 aromatic carbocycles. The van der Waals surface area contributed by atoms with Crippen molar-refractivity contribution >= 4 is 50.6 Å². The highest BCUT2D eigenvalue weighted by atomic mass is 35.5. The topological polar surface area (TPSA) is 101 Å². The zero-order valence-corrected chi connectivity index (χ0v) is 13.7. The van der Waals surface area contributed by atoms with Crippen LogP contribution in [0.25, 0.3) is 0 Å². The summed E-state index contributed by atoms with van der Waals surface area (Å²) < 4.78 is 21.5. The van der Waals surface area contributed by atoms with E-state index in [9.17, 15) is 18.0 Å². The summed E-state index contributed by atoms with van der Waals surface area (Å²) in [5, 5.41) is 11.2. The fraction of sp³-hybridized carbons (Fsp3) is 0.333. The second-order valence-corrected chi connectivity index (χ2v) is 8.20. The maximum atomic E-state index is 12.1. The monoisotopic (exact) mass is 353 g/mol. The van der Waals surface area contributed by atoms with Gasteiger partial charge in [0.05, 0.1) is 15.7 Å². The van der Waals surface area contributed by atoms with Gasteiger partial charge in [-0.1, -0.05) is 23.2 Å². The molecule has 0 bridgehead atoms. The molecule has 1 aromatic rings. The lowest BCUT2D eigenvalue weighted by Gasteiger charge is -2.22. The Kier molecular flexibility index (Phi) is 4.92. The van der Waals surface area contributed by atoms with Crippen LogP contribution in [0.15, 0.2) is 12.1 Å². The number of benzene rings is 1. The summed E-state index contributed by atoms with van der Waals surface area (Å²) in [5.41, 5.74) is -0.639. The third kappa shape index (κ3) is 3.48. The number of aromatic carboxylic acids is 1. The summed E-state index contributed by atoms with van der Waals surface area (Å²) >= 11 is 11.6. The van der Waals surface area contributed by atoms with Gasteiger partial charge in [-0.3, -0.25) is 4.79 Å².